The van der Waals surface area contributed by atoms with Crippen LogP contribution in [0, 0.1) is 0 Å². The van der Waals surface area contributed by atoms with Gasteiger partial charge in [-0.25, -0.2) is 0 Å². The van der Waals surface area contributed by atoms with Gasteiger partial charge in [0.2, 0.25) is 11.8 Å². The Kier molecular flexibility index (Phi) is 10.5. The van der Waals surface area contributed by atoms with Crippen LogP contribution in [0.3, 0.4) is 0 Å². The highest BCUT2D eigenvalue weighted by molar-refractivity contribution is 7.99. The average Bonchev–Trinajstić information content (AvgIpc) is 2.77. The number of carbonyl (C=O) groups is 2. The Morgan fingerprint density at radius 2 is 1.60 bits per heavy atom. The van der Waals surface area contributed by atoms with Crippen LogP contribution < -0.4 is 5.32 Å². The first-order valence-corrected chi connectivity index (χ1v) is 11.8. The minimum Gasteiger partial charge on any atom is -0.352 e. The highest BCUT2D eigenvalue weighted by Gasteiger charge is 2.28. The SMILES string of the molecule is CC[C@@H](C)NC(=O)[C@H](CC)N(CCc1ccccc1)C(=O)CCSc1ccccc1. The summed E-state index contributed by atoms with van der Waals surface area (Å²) in [5.41, 5.74) is 1.17. The van der Waals surface area contributed by atoms with Crippen LogP contribution in [0.15, 0.2) is 65.6 Å². The second-order valence-electron chi connectivity index (χ2n) is 7.48. The Morgan fingerprint density at radius 3 is 2.20 bits per heavy atom. The van der Waals surface area contributed by atoms with E-state index < -0.39 is 6.04 Å². The predicted molar refractivity (Wildman–Crippen MR) is 126 cm³/mol. The van der Waals surface area contributed by atoms with Crippen molar-refractivity contribution < 1.29 is 9.59 Å². The zero-order chi connectivity index (χ0) is 21.8. The van der Waals surface area contributed by atoms with Crippen molar-refractivity contribution in [1.29, 1.82) is 0 Å². The van der Waals surface area contributed by atoms with E-state index in [1.807, 2.05) is 57.2 Å². The van der Waals surface area contributed by atoms with Gasteiger partial charge in [-0.05, 0) is 43.9 Å². The predicted octanol–water partition coefficient (Wildman–Crippen LogP) is 4.93. The lowest BCUT2D eigenvalue weighted by Gasteiger charge is -2.31. The summed E-state index contributed by atoms with van der Waals surface area (Å²) in [7, 11) is 0. The van der Waals surface area contributed by atoms with Gasteiger partial charge in [-0.2, -0.15) is 0 Å². The van der Waals surface area contributed by atoms with E-state index in [-0.39, 0.29) is 17.9 Å². The summed E-state index contributed by atoms with van der Waals surface area (Å²) in [6.45, 7) is 6.57. The van der Waals surface area contributed by atoms with Gasteiger partial charge in [-0.3, -0.25) is 9.59 Å². The zero-order valence-electron chi connectivity index (χ0n) is 18.3. The second-order valence-corrected chi connectivity index (χ2v) is 8.64. The number of amides is 2. The average molecular weight is 427 g/mol. The fraction of sp³-hybridized carbons (Fsp3) is 0.440. The van der Waals surface area contributed by atoms with Gasteiger partial charge in [0.05, 0.1) is 0 Å². The van der Waals surface area contributed by atoms with E-state index in [9.17, 15) is 9.59 Å². The molecule has 0 fully saturated rings. The molecule has 2 amide bonds. The third kappa shape index (κ3) is 7.86. The molecule has 5 heteroatoms. The summed E-state index contributed by atoms with van der Waals surface area (Å²) >= 11 is 1.67. The van der Waals surface area contributed by atoms with Crippen molar-refractivity contribution >= 4 is 23.6 Å². The Morgan fingerprint density at radius 1 is 0.967 bits per heavy atom. The molecule has 0 spiro atoms. The molecule has 30 heavy (non-hydrogen) atoms. The number of carbonyl (C=O) groups excluding carboxylic acids is 2. The summed E-state index contributed by atoms with van der Waals surface area (Å²) < 4.78 is 0. The lowest BCUT2D eigenvalue weighted by molar-refractivity contribution is -0.140. The number of benzene rings is 2. The maximum atomic E-state index is 13.1. The quantitative estimate of drug-likeness (QED) is 0.490. The van der Waals surface area contributed by atoms with Crippen LogP contribution in [0.25, 0.3) is 0 Å². The Balaban J connectivity index is 2.05. The molecule has 2 atom stereocenters. The van der Waals surface area contributed by atoms with Crippen LogP contribution in [0.2, 0.25) is 0 Å². The van der Waals surface area contributed by atoms with Crippen molar-refractivity contribution in [2.75, 3.05) is 12.3 Å². The number of nitrogens with zero attached hydrogens (tertiary/aromatic N) is 1. The van der Waals surface area contributed by atoms with Gasteiger partial charge in [-0.15, -0.1) is 11.8 Å². The molecule has 0 aliphatic carbocycles. The van der Waals surface area contributed by atoms with Crippen LogP contribution in [0.1, 0.15) is 45.6 Å². The minimum atomic E-state index is -0.433. The Hall–Kier alpha value is -2.27. The fourth-order valence-electron chi connectivity index (χ4n) is 3.25. The molecule has 2 rings (SSSR count). The van der Waals surface area contributed by atoms with Gasteiger partial charge in [-0.1, -0.05) is 62.4 Å². The maximum Gasteiger partial charge on any atom is 0.243 e. The van der Waals surface area contributed by atoms with E-state index in [0.29, 0.717) is 25.1 Å². The first kappa shape index (κ1) is 24.0. The number of hydrogen-bond donors (Lipinski definition) is 1. The highest BCUT2D eigenvalue weighted by Crippen LogP contribution is 2.19. The summed E-state index contributed by atoms with van der Waals surface area (Å²) in [6, 6.07) is 19.9. The minimum absolute atomic E-state index is 0.0421. The molecule has 0 radical (unpaired) electrons. The lowest BCUT2D eigenvalue weighted by atomic mass is 10.1. The van der Waals surface area contributed by atoms with Crippen LogP contribution in [-0.4, -0.2) is 41.1 Å². The van der Waals surface area contributed by atoms with Gasteiger partial charge in [0, 0.05) is 29.7 Å². The summed E-state index contributed by atoms with van der Waals surface area (Å²) in [5, 5.41) is 3.06. The van der Waals surface area contributed by atoms with E-state index in [1.54, 1.807) is 16.7 Å². The maximum absolute atomic E-state index is 13.1. The molecular formula is C25H34N2O2S. The molecule has 0 aliphatic rings. The van der Waals surface area contributed by atoms with Gasteiger partial charge in [0.15, 0.2) is 0 Å². The first-order chi connectivity index (χ1) is 14.5. The van der Waals surface area contributed by atoms with Crippen molar-refractivity contribution in [2.45, 2.75) is 63.4 Å². The van der Waals surface area contributed by atoms with Crippen LogP contribution in [0.4, 0.5) is 0 Å². The number of thioether (sulfide) groups is 1. The summed E-state index contributed by atoms with van der Waals surface area (Å²) in [5.74, 6) is 0.693. The van der Waals surface area contributed by atoms with Crippen LogP contribution >= 0.6 is 11.8 Å². The molecule has 1 N–H and O–H groups in total. The third-order valence-electron chi connectivity index (χ3n) is 5.20. The van der Waals surface area contributed by atoms with E-state index in [0.717, 1.165) is 17.7 Å². The summed E-state index contributed by atoms with van der Waals surface area (Å²) in [4.78, 5) is 29.0. The van der Waals surface area contributed by atoms with E-state index in [2.05, 4.69) is 29.6 Å². The van der Waals surface area contributed by atoms with Gasteiger partial charge < -0.3 is 10.2 Å². The van der Waals surface area contributed by atoms with E-state index >= 15 is 0 Å². The van der Waals surface area contributed by atoms with Crippen molar-refractivity contribution in [1.82, 2.24) is 10.2 Å². The molecular weight excluding hydrogens is 392 g/mol. The molecule has 2 aromatic carbocycles. The second kappa shape index (κ2) is 13.1. The monoisotopic (exact) mass is 426 g/mol. The first-order valence-electron chi connectivity index (χ1n) is 10.9. The largest absolute Gasteiger partial charge is 0.352 e. The Bertz CT molecular complexity index is 767. The van der Waals surface area contributed by atoms with Crippen LogP contribution in [0.5, 0.6) is 0 Å². The zero-order valence-corrected chi connectivity index (χ0v) is 19.2. The molecule has 0 aliphatic heterocycles. The topological polar surface area (TPSA) is 49.4 Å². The molecule has 0 unspecified atom stereocenters. The third-order valence-corrected chi connectivity index (χ3v) is 6.21. The smallest absolute Gasteiger partial charge is 0.243 e. The molecule has 0 bridgehead atoms. The van der Waals surface area contributed by atoms with Crippen molar-refractivity contribution in [3.63, 3.8) is 0 Å². The fourth-order valence-corrected chi connectivity index (χ4v) is 4.12. The molecule has 2 aromatic rings. The number of hydrogen-bond acceptors (Lipinski definition) is 3. The normalized spacial score (nSPS) is 12.8. The van der Waals surface area contributed by atoms with Gasteiger partial charge in [0.1, 0.15) is 6.04 Å². The van der Waals surface area contributed by atoms with Crippen LogP contribution in [-0.2, 0) is 16.0 Å². The highest BCUT2D eigenvalue weighted by atomic mass is 32.2. The number of nitrogens with one attached hydrogen (secondary N) is 1. The van der Waals surface area contributed by atoms with Crippen molar-refractivity contribution in [3.05, 3.63) is 66.2 Å². The van der Waals surface area contributed by atoms with Gasteiger partial charge in [0.25, 0.3) is 0 Å². The molecule has 0 saturated heterocycles. The molecule has 162 valence electrons. The Labute approximate surface area is 185 Å². The molecule has 0 aromatic heterocycles. The lowest BCUT2D eigenvalue weighted by Crippen LogP contribution is -2.51. The van der Waals surface area contributed by atoms with Crippen molar-refractivity contribution in [2.24, 2.45) is 0 Å². The molecule has 4 nitrogen and oxygen atoms in total. The standard InChI is InChI=1S/C25H34N2O2S/c1-4-20(3)26-25(29)23(5-2)27(18-16-21-12-8-6-9-13-21)24(28)17-19-30-22-14-10-7-11-15-22/h6-15,20,23H,4-5,16-19H2,1-3H3,(H,26,29)/t20-,23+/m1/s1. The molecule has 0 heterocycles. The van der Waals surface area contributed by atoms with Gasteiger partial charge >= 0.3 is 0 Å². The number of rotatable bonds is 12. The van der Waals surface area contributed by atoms with E-state index in [4.69, 9.17) is 0 Å². The van der Waals surface area contributed by atoms with E-state index in [1.165, 1.54) is 5.56 Å². The van der Waals surface area contributed by atoms with Crippen molar-refractivity contribution in [3.8, 4) is 0 Å². The summed E-state index contributed by atoms with van der Waals surface area (Å²) in [6.07, 6.45) is 2.63. The molecule has 0 saturated carbocycles.